The summed E-state index contributed by atoms with van der Waals surface area (Å²) in [7, 11) is 1.56. The Kier molecular flexibility index (Phi) is 3.46. The Morgan fingerprint density at radius 2 is 2.30 bits per heavy atom. The Morgan fingerprint density at radius 1 is 1.80 bits per heavy atom. The van der Waals surface area contributed by atoms with E-state index in [1.54, 1.807) is 14.0 Å². The van der Waals surface area contributed by atoms with Gasteiger partial charge in [0.15, 0.2) is 0 Å². The molecular formula is C6H11NO3. The molecule has 0 bridgehead atoms. The van der Waals surface area contributed by atoms with Gasteiger partial charge >= 0.3 is 5.97 Å². The predicted octanol–water partition coefficient (Wildman–Crippen LogP) is -0.0622. The van der Waals surface area contributed by atoms with Gasteiger partial charge in [0, 0.05) is 13.1 Å². The van der Waals surface area contributed by atoms with E-state index in [9.17, 15) is 9.59 Å². The standard InChI is InChI=1S/C6H11NO3/c1-5(3-6(9)10)7(2)4-8/h4-5H,3H2,1-2H3,(H,9,10). The van der Waals surface area contributed by atoms with Crippen LogP contribution < -0.4 is 0 Å². The number of hydrogen-bond acceptors (Lipinski definition) is 2. The van der Waals surface area contributed by atoms with Crippen LogP contribution in [0.4, 0.5) is 0 Å². The maximum Gasteiger partial charge on any atom is 0.305 e. The molecule has 0 saturated heterocycles. The highest BCUT2D eigenvalue weighted by atomic mass is 16.4. The zero-order valence-corrected chi connectivity index (χ0v) is 6.07. The van der Waals surface area contributed by atoms with Crippen molar-refractivity contribution in [1.29, 1.82) is 0 Å². The van der Waals surface area contributed by atoms with E-state index in [0.29, 0.717) is 6.41 Å². The van der Waals surface area contributed by atoms with Crippen molar-refractivity contribution in [2.45, 2.75) is 19.4 Å². The van der Waals surface area contributed by atoms with Crippen molar-refractivity contribution >= 4 is 12.4 Å². The van der Waals surface area contributed by atoms with Gasteiger partial charge in [0.05, 0.1) is 6.42 Å². The van der Waals surface area contributed by atoms with E-state index < -0.39 is 5.97 Å². The van der Waals surface area contributed by atoms with Crippen LogP contribution in [-0.2, 0) is 9.59 Å². The first kappa shape index (κ1) is 8.94. The van der Waals surface area contributed by atoms with Gasteiger partial charge in [-0.3, -0.25) is 9.59 Å². The van der Waals surface area contributed by atoms with Gasteiger partial charge in [0.1, 0.15) is 0 Å². The summed E-state index contributed by atoms with van der Waals surface area (Å²) in [6, 6.07) is -0.227. The molecule has 0 radical (unpaired) electrons. The first-order valence-electron chi connectivity index (χ1n) is 2.97. The quantitative estimate of drug-likeness (QED) is 0.564. The predicted molar refractivity (Wildman–Crippen MR) is 35.5 cm³/mol. The molecule has 0 aliphatic carbocycles. The molecule has 0 rings (SSSR count). The number of rotatable bonds is 4. The lowest BCUT2D eigenvalue weighted by atomic mass is 10.2. The van der Waals surface area contributed by atoms with Crippen molar-refractivity contribution in [2.75, 3.05) is 7.05 Å². The Bertz CT molecular complexity index is 135. The second-order valence-electron chi connectivity index (χ2n) is 2.22. The Labute approximate surface area is 59.4 Å². The summed E-state index contributed by atoms with van der Waals surface area (Å²) in [4.78, 5) is 21.5. The van der Waals surface area contributed by atoms with E-state index in [-0.39, 0.29) is 12.5 Å². The molecule has 4 nitrogen and oxygen atoms in total. The average molecular weight is 145 g/mol. The molecule has 58 valence electrons. The third kappa shape index (κ3) is 3.06. The van der Waals surface area contributed by atoms with Crippen molar-refractivity contribution < 1.29 is 14.7 Å². The highest BCUT2D eigenvalue weighted by Crippen LogP contribution is 1.96. The average Bonchev–Trinajstić information content (AvgIpc) is 1.85. The number of carbonyl (C=O) groups is 2. The van der Waals surface area contributed by atoms with Crippen molar-refractivity contribution in [3.63, 3.8) is 0 Å². The molecule has 1 atom stereocenters. The molecule has 0 spiro atoms. The smallest absolute Gasteiger partial charge is 0.305 e. The Morgan fingerprint density at radius 3 is 2.60 bits per heavy atom. The maximum atomic E-state index is 10.1. The van der Waals surface area contributed by atoms with E-state index in [0.717, 1.165) is 0 Å². The van der Waals surface area contributed by atoms with Gasteiger partial charge in [-0.25, -0.2) is 0 Å². The second-order valence-corrected chi connectivity index (χ2v) is 2.22. The molecule has 0 aromatic heterocycles. The lowest BCUT2D eigenvalue weighted by Gasteiger charge is -2.17. The topological polar surface area (TPSA) is 57.6 Å². The van der Waals surface area contributed by atoms with Crippen molar-refractivity contribution in [1.82, 2.24) is 4.90 Å². The van der Waals surface area contributed by atoms with E-state index in [2.05, 4.69) is 0 Å². The molecule has 0 aromatic carbocycles. The van der Waals surface area contributed by atoms with Crippen molar-refractivity contribution in [3.05, 3.63) is 0 Å². The summed E-state index contributed by atoms with van der Waals surface area (Å²) in [6.45, 7) is 1.68. The normalized spacial score (nSPS) is 12.2. The number of carboxylic acids is 1. The van der Waals surface area contributed by atoms with Crippen LogP contribution in [0.2, 0.25) is 0 Å². The fraction of sp³-hybridized carbons (Fsp3) is 0.667. The molecule has 0 heterocycles. The highest BCUT2D eigenvalue weighted by molar-refractivity contribution is 5.68. The largest absolute Gasteiger partial charge is 0.481 e. The fourth-order valence-electron chi connectivity index (χ4n) is 0.501. The van der Waals surface area contributed by atoms with Crippen molar-refractivity contribution in [2.24, 2.45) is 0 Å². The summed E-state index contributed by atoms with van der Waals surface area (Å²) >= 11 is 0. The number of nitrogens with zero attached hydrogens (tertiary/aromatic N) is 1. The molecule has 0 aliphatic heterocycles. The van der Waals surface area contributed by atoms with E-state index in [1.165, 1.54) is 4.90 Å². The molecule has 0 aromatic rings. The summed E-state index contributed by atoms with van der Waals surface area (Å²) in [5.74, 6) is -0.888. The van der Waals surface area contributed by atoms with Crippen LogP contribution in [0.25, 0.3) is 0 Å². The molecule has 1 unspecified atom stereocenters. The van der Waals surface area contributed by atoms with Crippen LogP contribution in [-0.4, -0.2) is 35.5 Å². The molecule has 0 saturated carbocycles. The number of carbonyl (C=O) groups excluding carboxylic acids is 1. The van der Waals surface area contributed by atoms with Gasteiger partial charge < -0.3 is 10.0 Å². The minimum Gasteiger partial charge on any atom is -0.481 e. The zero-order valence-electron chi connectivity index (χ0n) is 6.07. The second kappa shape index (κ2) is 3.87. The van der Waals surface area contributed by atoms with Gasteiger partial charge in [-0.05, 0) is 6.92 Å². The maximum absolute atomic E-state index is 10.1. The Hall–Kier alpha value is -1.06. The van der Waals surface area contributed by atoms with E-state index in [1.807, 2.05) is 0 Å². The summed E-state index contributed by atoms with van der Waals surface area (Å²) in [5.41, 5.74) is 0. The van der Waals surface area contributed by atoms with Crippen LogP contribution >= 0.6 is 0 Å². The number of amides is 1. The summed E-state index contributed by atoms with van der Waals surface area (Å²) in [6.07, 6.45) is 0.614. The van der Waals surface area contributed by atoms with Gasteiger partial charge in [0.25, 0.3) is 0 Å². The lowest BCUT2D eigenvalue weighted by molar-refractivity contribution is -0.138. The third-order valence-corrected chi connectivity index (χ3v) is 1.33. The zero-order chi connectivity index (χ0) is 8.15. The van der Waals surface area contributed by atoms with Crippen LogP contribution in [0.5, 0.6) is 0 Å². The SMILES string of the molecule is CC(CC(=O)O)N(C)C=O. The van der Waals surface area contributed by atoms with Gasteiger partial charge in [0.2, 0.25) is 6.41 Å². The molecule has 1 N–H and O–H groups in total. The van der Waals surface area contributed by atoms with E-state index in [4.69, 9.17) is 5.11 Å². The highest BCUT2D eigenvalue weighted by Gasteiger charge is 2.10. The fourth-order valence-corrected chi connectivity index (χ4v) is 0.501. The summed E-state index contributed by atoms with van der Waals surface area (Å²) < 4.78 is 0. The molecule has 0 aliphatic rings. The van der Waals surface area contributed by atoms with Gasteiger partial charge in [-0.2, -0.15) is 0 Å². The number of hydrogen-bond donors (Lipinski definition) is 1. The van der Waals surface area contributed by atoms with Crippen LogP contribution in [0.15, 0.2) is 0 Å². The molecule has 10 heavy (non-hydrogen) atoms. The van der Waals surface area contributed by atoms with Crippen LogP contribution in [0.1, 0.15) is 13.3 Å². The lowest BCUT2D eigenvalue weighted by Crippen LogP contribution is -2.29. The van der Waals surface area contributed by atoms with Gasteiger partial charge in [-0.15, -0.1) is 0 Å². The first-order valence-corrected chi connectivity index (χ1v) is 2.97. The summed E-state index contributed by atoms with van der Waals surface area (Å²) in [5, 5.41) is 8.29. The molecular weight excluding hydrogens is 134 g/mol. The third-order valence-electron chi connectivity index (χ3n) is 1.33. The van der Waals surface area contributed by atoms with Crippen LogP contribution in [0, 0.1) is 0 Å². The van der Waals surface area contributed by atoms with Crippen molar-refractivity contribution in [3.8, 4) is 0 Å². The minimum absolute atomic E-state index is 0.00472. The number of carboxylic acid groups (broad SMARTS) is 1. The number of aliphatic carboxylic acids is 1. The van der Waals surface area contributed by atoms with Crippen LogP contribution in [0.3, 0.4) is 0 Å². The monoisotopic (exact) mass is 145 g/mol. The molecule has 1 amide bonds. The molecule has 0 fully saturated rings. The first-order chi connectivity index (χ1) is 4.57. The minimum atomic E-state index is -0.888. The van der Waals surface area contributed by atoms with Gasteiger partial charge in [-0.1, -0.05) is 0 Å². The molecule has 4 heteroatoms. The van der Waals surface area contributed by atoms with E-state index >= 15 is 0 Å². The Balaban J connectivity index is 3.71.